The molecule has 0 heterocycles. The molecular weight excluding hydrogens is 286 g/mol. The summed E-state index contributed by atoms with van der Waals surface area (Å²) in [7, 11) is 0. The van der Waals surface area contributed by atoms with Gasteiger partial charge in [-0.2, -0.15) is 0 Å². The molecular formula is C20H35NO2. The number of nitrogens with two attached hydrogens (primary N) is 1. The van der Waals surface area contributed by atoms with Crippen molar-refractivity contribution in [3.63, 3.8) is 0 Å². The predicted molar refractivity (Wildman–Crippen MR) is 97.9 cm³/mol. The number of hydrogen-bond acceptors (Lipinski definition) is 3. The molecule has 0 fully saturated rings. The average Bonchev–Trinajstić information content (AvgIpc) is 2.33. The van der Waals surface area contributed by atoms with Gasteiger partial charge in [0.2, 0.25) is 0 Å². The Balaban J connectivity index is 3.57. The number of rotatable bonds is 2. The van der Waals surface area contributed by atoms with Crippen LogP contribution in [0.2, 0.25) is 0 Å². The molecule has 0 radical (unpaired) electrons. The van der Waals surface area contributed by atoms with Crippen molar-refractivity contribution < 1.29 is 10.2 Å². The van der Waals surface area contributed by atoms with Crippen molar-refractivity contribution in [2.24, 2.45) is 11.1 Å². The largest absolute Gasteiger partial charge is 0.507 e. The van der Waals surface area contributed by atoms with Crippen LogP contribution in [0.25, 0.3) is 0 Å². The topological polar surface area (TPSA) is 66.5 Å². The van der Waals surface area contributed by atoms with Gasteiger partial charge in [0.1, 0.15) is 5.75 Å². The Morgan fingerprint density at radius 3 is 1.43 bits per heavy atom. The Kier molecular flexibility index (Phi) is 5.30. The summed E-state index contributed by atoms with van der Waals surface area (Å²) < 4.78 is 0. The van der Waals surface area contributed by atoms with Gasteiger partial charge in [-0.3, -0.25) is 0 Å². The number of aromatic hydroxyl groups is 1. The molecule has 3 nitrogen and oxygen atoms in total. The van der Waals surface area contributed by atoms with Crippen LogP contribution in [0, 0.1) is 5.41 Å². The molecule has 0 saturated carbocycles. The second-order valence-corrected chi connectivity index (χ2v) is 9.80. The van der Waals surface area contributed by atoms with Crippen LogP contribution in [0.1, 0.15) is 85.0 Å². The molecule has 1 rings (SSSR count). The van der Waals surface area contributed by atoms with Crippen LogP contribution in [-0.4, -0.2) is 16.3 Å². The SMILES string of the molecule is CC(C)(C)c1cc([C@@H](N)[C@@H](O)C(C)(C)C)cc(C(C)(C)C)c1O. The van der Waals surface area contributed by atoms with E-state index in [4.69, 9.17) is 5.73 Å². The third kappa shape index (κ3) is 4.48. The number of aliphatic hydroxyl groups excluding tert-OH is 1. The predicted octanol–water partition coefficient (Wildman–Crippen LogP) is 4.39. The molecule has 1 aromatic carbocycles. The maximum atomic E-state index is 10.8. The second kappa shape index (κ2) is 6.10. The zero-order chi connectivity index (χ0) is 18.4. The van der Waals surface area contributed by atoms with Gasteiger partial charge in [-0.15, -0.1) is 0 Å². The van der Waals surface area contributed by atoms with Crippen LogP contribution in [0.15, 0.2) is 12.1 Å². The molecule has 0 spiro atoms. The molecule has 0 saturated heterocycles. The van der Waals surface area contributed by atoms with E-state index in [0.717, 1.165) is 16.7 Å². The number of benzene rings is 1. The van der Waals surface area contributed by atoms with Gasteiger partial charge in [-0.05, 0) is 45.1 Å². The Hall–Kier alpha value is -1.06. The Labute approximate surface area is 141 Å². The molecule has 2 atom stereocenters. The van der Waals surface area contributed by atoms with Gasteiger partial charge in [0.15, 0.2) is 0 Å². The maximum absolute atomic E-state index is 10.8. The molecule has 0 aromatic heterocycles. The smallest absolute Gasteiger partial charge is 0.123 e. The highest BCUT2D eigenvalue weighted by Gasteiger charge is 2.32. The van der Waals surface area contributed by atoms with Gasteiger partial charge >= 0.3 is 0 Å². The van der Waals surface area contributed by atoms with Crippen molar-refractivity contribution in [3.05, 3.63) is 28.8 Å². The summed E-state index contributed by atoms with van der Waals surface area (Å²) in [5.74, 6) is 0.339. The van der Waals surface area contributed by atoms with E-state index in [0.29, 0.717) is 5.75 Å². The summed E-state index contributed by atoms with van der Waals surface area (Å²) in [4.78, 5) is 0. The van der Waals surface area contributed by atoms with Crippen molar-refractivity contribution in [2.75, 3.05) is 0 Å². The van der Waals surface area contributed by atoms with Gasteiger partial charge in [-0.25, -0.2) is 0 Å². The quantitative estimate of drug-likeness (QED) is 0.756. The van der Waals surface area contributed by atoms with E-state index in [1.54, 1.807) is 0 Å². The van der Waals surface area contributed by atoms with Crippen LogP contribution < -0.4 is 5.73 Å². The third-order valence-corrected chi connectivity index (χ3v) is 4.36. The standard InChI is InChI=1S/C20H35NO2/c1-18(2,3)13-10-12(15(21)17(23)20(7,8)9)11-14(16(13)22)19(4,5)6/h10-11,15,17,22-23H,21H2,1-9H3/t15-,17-/m1/s1. The normalized spacial score (nSPS) is 16.3. The van der Waals surface area contributed by atoms with Gasteiger partial charge < -0.3 is 15.9 Å². The van der Waals surface area contributed by atoms with Crippen molar-refractivity contribution in [1.29, 1.82) is 0 Å². The van der Waals surface area contributed by atoms with E-state index in [-0.39, 0.29) is 16.2 Å². The summed E-state index contributed by atoms with van der Waals surface area (Å²) >= 11 is 0. The van der Waals surface area contributed by atoms with Crippen LogP contribution in [0.3, 0.4) is 0 Å². The highest BCUT2D eigenvalue weighted by Crippen LogP contribution is 2.41. The Bertz CT molecular complexity index is 521. The Morgan fingerprint density at radius 1 is 0.826 bits per heavy atom. The average molecular weight is 322 g/mol. The van der Waals surface area contributed by atoms with Gasteiger partial charge in [0.25, 0.3) is 0 Å². The summed E-state index contributed by atoms with van der Waals surface area (Å²) in [6, 6.07) is 3.41. The second-order valence-electron chi connectivity index (χ2n) is 9.80. The molecule has 0 aliphatic rings. The maximum Gasteiger partial charge on any atom is 0.123 e. The van der Waals surface area contributed by atoms with E-state index in [9.17, 15) is 10.2 Å². The first-order chi connectivity index (χ1) is 10.1. The number of aliphatic hydroxyl groups is 1. The summed E-state index contributed by atoms with van der Waals surface area (Å²) in [5, 5.41) is 21.3. The third-order valence-electron chi connectivity index (χ3n) is 4.36. The lowest BCUT2D eigenvalue weighted by Crippen LogP contribution is -2.37. The molecule has 3 heteroatoms. The lowest BCUT2D eigenvalue weighted by atomic mass is 9.76. The fourth-order valence-corrected chi connectivity index (χ4v) is 2.71. The first-order valence-corrected chi connectivity index (χ1v) is 8.38. The fourth-order valence-electron chi connectivity index (χ4n) is 2.71. The molecule has 4 N–H and O–H groups in total. The summed E-state index contributed by atoms with van der Waals surface area (Å²) in [6.45, 7) is 18.4. The first-order valence-electron chi connectivity index (χ1n) is 8.38. The van der Waals surface area contributed by atoms with E-state index >= 15 is 0 Å². The number of phenols is 1. The summed E-state index contributed by atoms with van der Waals surface area (Å²) in [5.41, 5.74) is 8.28. The molecule has 23 heavy (non-hydrogen) atoms. The van der Waals surface area contributed by atoms with E-state index in [1.165, 1.54) is 0 Å². The molecule has 132 valence electrons. The van der Waals surface area contributed by atoms with Crippen LogP contribution in [-0.2, 0) is 10.8 Å². The first kappa shape index (κ1) is 20.0. The lowest BCUT2D eigenvalue weighted by molar-refractivity contribution is 0.0400. The van der Waals surface area contributed by atoms with Crippen molar-refractivity contribution in [2.45, 2.75) is 85.3 Å². The van der Waals surface area contributed by atoms with Gasteiger partial charge in [0, 0.05) is 0 Å². The zero-order valence-corrected chi connectivity index (χ0v) is 16.3. The van der Waals surface area contributed by atoms with E-state index in [1.807, 2.05) is 32.9 Å². The minimum Gasteiger partial charge on any atom is -0.507 e. The fraction of sp³-hybridized carbons (Fsp3) is 0.700. The molecule has 0 aliphatic heterocycles. The van der Waals surface area contributed by atoms with Gasteiger partial charge in [-0.1, -0.05) is 62.3 Å². The number of phenolic OH excluding ortho intramolecular Hbond substituents is 1. The Morgan fingerprint density at radius 2 is 1.17 bits per heavy atom. The van der Waals surface area contributed by atoms with Crippen molar-refractivity contribution >= 4 is 0 Å². The summed E-state index contributed by atoms with van der Waals surface area (Å²) in [6.07, 6.45) is -0.660. The molecule has 0 amide bonds. The monoisotopic (exact) mass is 321 g/mol. The van der Waals surface area contributed by atoms with Crippen LogP contribution >= 0.6 is 0 Å². The van der Waals surface area contributed by atoms with Crippen LogP contribution in [0.4, 0.5) is 0 Å². The molecule has 0 unspecified atom stereocenters. The highest BCUT2D eigenvalue weighted by molar-refractivity contribution is 5.50. The van der Waals surface area contributed by atoms with Crippen LogP contribution in [0.5, 0.6) is 5.75 Å². The lowest BCUT2D eigenvalue weighted by Gasteiger charge is -2.33. The van der Waals surface area contributed by atoms with Crippen molar-refractivity contribution in [1.82, 2.24) is 0 Å². The zero-order valence-electron chi connectivity index (χ0n) is 16.3. The van der Waals surface area contributed by atoms with E-state index in [2.05, 4.69) is 41.5 Å². The van der Waals surface area contributed by atoms with Gasteiger partial charge in [0.05, 0.1) is 12.1 Å². The molecule has 0 aliphatic carbocycles. The highest BCUT2D eigenvalue weighted by atomic mass is 16.3. The molecule has 0 bridgehead atoms. The minimum atomic E-state index is -0.660. The molecule has 1 aromatic rings. The van der Waals surface area contributed by atoms with E-state index < -0.39 is 12.1 Å². The number of hydrogen-bond donors (Lipinski definition) is 3. The minimum absolute atomic E-state index is 0.202. The van der Waals surface area contributed by atoms with Crippen molar-refractivity contribution in [3.8, 4) is 5.75 Å².